The molecule has 3 N–H and O–H groups in total. The smallest absolute Gasteiger partial charge is 0.295 e. The zero-order valence-corrected chi connectivity index (χ0v) is 17.7. The molecule has 162 valence electrons. The van der Waals surface area contributed by atoms with Crippen molar-refractivity contribution in [3.05, 3.63) is 78.5 Å². The lowest BCUT2D eigenvalue weighted by Crippen LogP contribution is -1.99. The van der Waals surface area contributed by atoms with E-state index in [1.807, 2.05) is 6.07 Å². The molecule has 11 heteroatoms. The number of benzene rings is 3. The van der Waals surface area contributed by atoms with E-state index in [-0.39, 0.29) is 21.7 Å². The Morgan fingerprint density at radius 2 is 1.73 bits per heavy atom. The van der Waals surface area contributed by atoms with Crippen LogP contribution >= 0.6 is 0 Å². The lowest BCUT2D eigenvalue weighted by Gasteiger charge is -2.08. The number of pyridine rings is 1. The zero-order chi connectivity index (χ0) is 23.4. The minimum Gasteiger partial charge on any atom is -0.305 e. The first-order valence-electron chi connectivity index (χ1n) is 9.43. The maximum absolute atomic E-state index is 11.9. The monoisotopic (exact) mass is 457 g/mol. The van der Waals surface area contributed by atoms with Gasteiger partial charge >= 0.3 is 0 Å². The van der Waals surface area contributed by atoms with Crippen molar-refractivity contribution in [3.63, 3.8) is 0 Å². The van der Waals surface area contributed by atoms with Crippen molar-refractivity contribution in [2.24, 2.45) is 26.4 Å². The van der Waals surface area contributed by atoms with Gasteiger partial charge in [-0.3, -0.25) is 9.54 Å². The molecule has 4 aromatic rings. The van der Waals surface area contributed by atoms with Gasteiger partial charge in [-0.25, -0.2) is 0 Å². The van der Waals surface area contributed by atoms with Crippen LogP contribution in [0.5, 0.6) is 0 Å². The van der Waals surface area contributed by atoms with Crippen molar-refractivity contribution in [1.29, 1.82) is 5.26 Å². The molecule has 0 atom stereocenters. The van der Waals surface area contributed by atoms with Crippen LogP contribution in [-0.4, -0.2) is 18.0 Å². The summed E-state index contributed by atoms with van der Waals surface area (Å²) >= 11 is 0. The van der Waals surface area contributed by atoms with E-state index in [4.69, 9.17) is 11.1 Å². The summed E-state index contributed by atoms with van der Waals surface area (Å²) in [7, 11) is -4.55. The molecule has 3 aromatic carbocycles. The van der Waals surface area contributed by atoms with Crippen molar-refractivity contribution in [2.45, 2.75) is 4.90 Å². The zero-order valence-electron chi connectivity index (χ0n) is 16.9. The van der Waals surface area contributed by atoms with Gasteiger partial charge in [0.15, 0.2) is 0 Å². The molecule has 4 rings (SSSR count). The Morgan fingerprint density at radius 1 is 0.939 bits per heavy atom. The molecule has 0 spiro atoms. The predicted octanol–water partition coefficient (Wildman–Crippen LogP) is 5.39. The third kappa shape index (κ3) is 4.57. The van der Waals surface area contributed by atoms with Gasteiger partial charge in [0.05, 0.1) is 23.5 Å². The summed E-state index contributed by atoms with van der Waals surface area (Å²) in [6, 6.07) is 20.1. The molecule has 0 aliphatic rings. The van der Waals surface area contributed by atoms with Gasteiger partial charge in [0.1, 0.15) is 22.0 Å². The van der Waals surface area contributed by atoms with E-state index in [2.05, 4.69) is 31.6 Å². The second-order valence-corrected chi connectivity index (χ2v) is 8.16. The summed E-state index contributed by atoms with van der Waals surface area (Å²) in [6.07, 6.45) is 1.48. The SMILES string of the molecule is N#Cc1cccc(-c2ccc(/N=N/c3cc(S(=O)(=O)O)c4ccccc4c3N=NN)cn2)c1. The first kappa shape index (κ1) is 21.7. The highest BCUT2D eigenvalue weighted by molar-refractivity contribution is 7.86. The van der Waals surface area contributed by atoms with Crippen LogP contribution in [0.15, 0.2) is 98.4 Å². The molecular weight excluding hydrogens is 442 g/mol. The number of hydrogen-bond acceptors (Lipinski definition) is 8. The highest BCUT2D eigenvalue weighted by atomic mass is 32.2. The molecule has 0 aliphatic heterocycles. The number of nitrogens with two attached hydrogens (primary N) is 1. The van der Waals surface area contributed by atoms with Crippen LogP contribution in [0.2, 0.25) is 0 Å². The van der Waals surface area contributed by atoms with Crippen LogP contribution in [0.25, 0.3) is 22.0 Å². The second kappa shape index (κ2) is 8.91. The molecule has 0 amide bonds. The fourth-order valence-electron chi connectivity index (χ4n) is 3.24. The number of rotatable bonds is 5. The molecule has 1 aromatic heterocycles. The molecule has 33 heavy (non-hydrogen) atoms. The lowest BCUT2D eigenvalue weighted by atomic mass is 10.1. The van der Waals surface area contributed by atoms with Crippen molar-refractivity contribution in [3.8, 4) is 17.3 Å². The summed E-state index contributed by atoms with van der Waals surface area (Å²) in [4.78, 5) is 4.00. The molecule has 0 saturated carbocycles. The molecule has 10 nitrogen and oxygen atoms in total. The molecule has 0 bridgehead atoms. The van der Waals surface area contributed by atoms with Crippen LogP contribution in [-0.2, 0) is 10.1 Å². The maximum atomic E-state index is 11.9. The van der Waals surface area contributed by atoms with E-state index in [1.54, 1.807) is 48.5 Å². The van der Waals surface area contributed by atoms with Crippen LogP contribution < -0.4 is 5.84 Å². The highest BCUT2D eigenvalue weighted by Crippen LogP contribution is 2.40. The lowest BCUT2D eigenvalue weighted by molar-refractivity contribution is 0.484. The first-order chi connectivity index (χ1) is 15.9. The number of hydrogen-bond donors (Lipinski definition) is 2. The largest absolute Gasteiger partial charge is 0.305 e. The van der Waals surface area contributed by atoms with Crippen LogP contribution in [0.3, 0.4) is 0 Å². The van der Waals surface area contributed by atoms with Crippen LogP contribution in [0.1, 0.15) is 5.56 Å². The first-order valence-corrected chi connectivity index (χ1v) is 10.9. The predicted molar refractivity (Wildman–Crippen MR) is 121 cm³/mol. The van der Waals surface area contributed by atoms with E-state index in [0.29, 0.717) is 22.3 Å². The molecule has 0 fully saturated rings. The summed E-state index contributed by atoms with van der Waals surface area (Å²) in [5, 5.41) is 25.1. The van der Waals surface area contributed by atoms with Crippen molar-refractivity contribution >= 4 is 38.0 Å². The summed E-state index contributed by atoms with van der Waals surface area (Å²) in [6.45, 7) is 0. The van der Waals surface area contributed by atoms with Crippen molar-refractivity contribution in [2.75, 3.05) is 0 Å². The Morgan fingerprint density at radius 3 is 2.39 bits per heavy atom. The average molecular weight is 457 g/mol. The Balaban J connectivity index is 1.76. The summed E-state index contributed by atoms with van der Waals surface area (Å²) < 4.78 is 33.6. The number of azo groups is 1. The van der Waals surface area contributed by atoms with Gasteiger partial charge in [-0.05, 0) is 30.3 Å². The van der Waals surface area contributed by atoms with Crippen LogP contribution in [0, 0.1) is 11.3 Å². The fourth-order valence-corrected chi connectivity index (χ4v) is 3.96. The van der Waals surface area contributed by atoms with Gasteiger partial charge in [0.2, 0.25) is 0 Å². The van der Waals surface area contributed by atoms with Crippen molar-refractivity contribution in [1.82, 2.24) is 4.98 Å². The van der Waals surface area contributed by atoms with Gasteiger partial charge < -0.3 is 5.84 Å². The quantitative estimate of drug-likeness (QED) is 0.176. The van der Waals surface area contributed by atoms with E-state index < -0.39 is 10.1 Å². The number of nitriles is 1. The standard InChI is InChI=1S/C22H15N7O3S/c23-12-14-4-3-5-15(10-14)19-9-8-16(13-25-19)26-27-20-11-21(33(30,31)32)17-6-1-2-7-18(17)22(20)28-29-24/h1-11,13H,(H2,24,28)(H,30,31,32)/b27-26+. The minimum atomic E-state index is -4.55. The van der Waals surface area contributed by atoms with Crippen LogP contribution in [0.4, 0.5) is 17.1 Å². The van der Waals surface area contributed by atoms with Gasteiger partial charge in [-0.1, -0.05) is 41.6 Å². The molecule has 0 radical (unpaired) electrons. The fraction of sp³-hybridized carbons (Fsp3) is 0. The third-order valence-corrected chi connectivity index (χ3v) is 5.60. The Bertz CT molecular complexity index is 1560. The van der Waals surface area contributed by atoms with Gasteiger partial charge in [0, 0.05) is 16.3 Å². The second-order valence-electron chi connectivity index (χ2n) is 6.77. The van der Waals surface area contributed by atoms with Gasteiger partial charge in [-0.15, -0.1) is 15.3 Å². The van der Waals surface area contributed by atoms with E-state index in [0.717, 1.165) is 11.6 Å². The maximum Gasteiger partial charge on any atom is 0.295 e. The molecular formula is C22H15N7O3S. The highest BCUT2D eigenvalue weighted by Gasteiger charge is 2.19. The Hall–Kier alpha value is -4.53. The normalized spacial score (nSPS) is 11.9. The third-order valence-electron chi connectivity index (χ3n) is 4.70. The van der Waals surface area contributed by atoms with Gasteiger partial charge in [0.25, 0.3) is 10.1 Å². The van der Waals surface area contributed by atoms with Gasteiger partial charge in [-0.2, -0.15) is 13.7 Å². The summed E-state index contributed by atoms with van der Waals surface area (Å²) in [5.41, 5.74) is 2.56. The summed E-state index contributed by atoms with van der Waals surface area (Å²) in [5.74, 6) is 5.23. The van der Waals surface area contributed by atoms with Crippen molar-refractivity contribution < 1.29 is 13.0 Å². The number of fused-ring (bicyclic) bond motifs is 1. The molecule has 0 unspecified atom stereocenters. The topological polar surface area (TPSA) is 167 Å². The molecule has 0 aliphatic carbocycles. The Kier molecular flexibility index (Phi) is 5.86. The number of aromatic nitrogens is 1. The van der Waals surface area contributed by atoms with E-state index in [1.165, 1.54) is 12.3 Å². The molecule has 0 saturated heterocycles. The average Bonchev–Trinajstić information content (AvgIpc) is 2.83. The van der Waals surface area contributed by atoms with E-state index in [9.17, 15) is 13.0 Å². The number of nitrogens with zero attached hydrogens (tertiary/aromatic N) is 6. The minimum absolute atomic E-state index is 0.0429. The van der Waals surface area contributed by atoms with E-state index >= 15 is 0 Å². The molecule has 1 heterocycles. The Labute approximate surface area is 188 Å².